The third-order valence-electron chi connectivity index (χ3n) is 2.12. The summed E-state index contributed by atoms with van der Waals surface area (Å²) >= 11 is 0. The summed E-state index contributed by atoms with van der Waals surface area (Å²) in [6.07, 6.45) is 0. The molecule has 17 heavy (non-hydrogen) atoms. The average Bonchev–Trinajstić information content (AvgIpc) is 2.17. The first kappa shape index (κ1) is 13.3. The van der Waals surface area contributed by atoms with E-state index >= 15 is 0 Å². The second-order valence-electron chi connectivity index (χ2n) is 3.68. The molecule has 0 atom stereocenters. The Bertz CT molecular complexity index is 448. The minimum atomic E-state index is -5.03. The quantitative estimate of drug-likeness (QED) is 0.467. The van der Waals surface area contributed by atoms with Gasteiger partial charge < -0.3 is 17.7 Å². The molecule has 0 aliphatic carbocycles. The highest BCUT2D eigenvalue weighted by Gasteiger charge is 2.25. The van der Waals surface area contributed by atoms with E-state index in [2.05, 4.69) is 4.74 Å². The van der Waals surface area contributed by atoms with Gasteiger partial charge in [0.05, 0.1) is 11.4 Å². The molecule has 1 aromatic rings. The van der Waals surface area contributed by atoms with Crippen molar-refractivity contribution in [1.82, 2.24) is 0 Å². The Morgan fingerprint density at radius 3 is 2.35 bits per heavy atom. The number of benzene rings is 1. The van der Waals surface area contributed by atoms with Crippen molar-refractivity contribution in [2.45, 2.75) is 13.8 Å². The van der Waals surface area contributed by atoms with Crippen molar-refractivity contribution in [3.8, 4) is 5.75 Å². The van der Waals surface area contributed by atoms with Crippen molar-refractivity contribution in [1.29, 1.82) is 0 Å². The number of halogens is 3. The van der Waals surface area contributed by atoms with Crippen molar-refractivity contribution < 1.29 is 22.6 Å². The average molecular weight is 248 g/mol. The van der Waals surface area contributed by atoms with Crippen LogP contribution < -0.4 is 4.74 Å². The molecular weight excluding hydrogens is 238 g/mol. The summed E-state index contributed by atoms with van der Waals surface area (Å²) in [5.41, 5.74) is 0.444. The minimum absolute atomic E-state index is 0.0206. The van der Waals surface area contributed by atoms with E-state index in [0.717, 1.165) is 0 Å². The molecule has 0 aliphatic heterocycles. The fourth-order valence-corrected chi connectivity index (χ4v) is 1.31. The number of rotatable bonds is 4. The van der Waals surface area contributed by atoms with E-state index < -0.39 is 18.4 Å². The van der Waals surface area contributed by atoms with Crippen LogP contribution >= 0.6 is 0 Å². The molecule has 1 rings (SSSR count). The summed E-state index contributed by atoms with van der Waals surface area (Å²) in [7, 11) is 0. The summed E-state index contributed by atoms with van der Waals surface area (Å²) in [4.78, 5) is 10.0. The van der Waals surface area contributed by atoms with Crippen molar-refractivity contribution in [3.63, 3.8) is 0 Å². The molecule has 4 nitrogen and oxygen atoms in total. The number of hydrogen-bond donors (Lipinski definition) is 0. The van der Waals surface area contributed by atoms with E-state index in [0.29, 0.717) is 5.56 Å². The fourth-order valence-electron chi connectivity index (χ4n) is 1.31. The Hall–Kier alpha value is -1.73. The largest absolute Gasteiger partial charge is 0.521 e. The van der Waals surface area contributed by atoms with Crippen LogP contribution in [0.1, 0.15) is 11.1 Å². The number of nitro groups is 1. The van der Waals surface area contributed by atoms with Gasteiger partial charge in [0.1, 0.15) is 5.75 Å². The van der Waals surface area contributed by atoms with Crippen LogP contribution in [0.2, 0.25) is 0 Å². The van der Waals surface area contributed by atoms with Crippen LogP contribution in [0.3, 0.4) is 0 Å². The van der Waals surface area contributed by atoms with E-state index in [9.17, 15) is 23.1 Å². The standard InChI is InChI=1S/C9H10BF3NO3/c1-6-4-9(17-5-10(11,12)13)7(2)3-8(6)14(15)16/h3-4H,5H2,1-2H3/q-1. The van der Waals surface area contributed by atoms with Gasteiger partial charge in [-0.05, 0) is 25.5 Å². The number of aryl methyl sites for hydroxylation is 2. The smallest absolute Gasteiger partial charge is 0.515 e. The monoisotopic (exact) mass is 248 g/mol. The number of hydrogen-bond acceptors (Lipinski definition) is 3. The molecule has 0 saturated heterocycles. The van der Waals surface area contributed by atoms with Gasteiger partial charge in [0, 0.05) is 11.6 Å². The molecule has 0 N–H and O–H groups in total. The van der Waals surface area contributed by atoms with Crippen LogP contribution in [0.25, 0.3) is 0 Å². The molecule has 0 unspecified atom stereocenters. The molecule has 1 aromatic carbocycles. The summed E-state index contributed by atoms with van der Waals surface area (Å²) < 4.78 is 40.6. The van der Waals surface area contributed by atoms with Crippen LogP contribution in [0.5, 0.6) is 5.75 Å². The Labute approximate surface area is 95.6 Å². The van der Waals surface area contributed by atoms with Gasteiger partial charge in [-0.3, -0.25) is 10.1 Å². The number of ether oxygens (including phenoxy) is 1. The zero-order valence-electron chi connectivity index (χ0n) is 9.25. The van der Waals surface area contributed by atoms with Gasteiger partial charge in [-0.25, -0.2) is 0 Å². The van der Waals surface area contributed by atoms with Crippen LogP contribution in [0, 0.1) is 24.0 Å². The van der Waals surface area contributed by atoms with Gasteiger partial charge in [0.2, 0.25) is 0 Å². The van der Waals surface area contributed by atoms with Crippen molar-refractivity contribution in [2.75, 3.05) is 6.51 Å². The molecule has 0 spiro atoms. The molecule has 8 heteroatoms. The second kappa shape index (κ2) is 4.64. The molecule has 94 valence electrons. The van der Waals surface area contributed by atoms with Gasteiger partial charge in [-0.2, -0.15) is 0 Å². The normalized spacial score (nSPS) is 11.4. The summed E-state index contributed by atoms with van der Waals surface area (Å²) in [6.45, 7) is -3.47. The van der Waals surface area contributed by atoms with Gasteiger partial charge in [-0.1, -0.05) is 0 Å². The molecule has 0 fully saturated rings. The van der Waals surface area contributed by atoms with Crippen LogP contribution in [-0.2, 0) is 0 Å². The van der Waals surface area contributed by atoms with Crippen molar-refractivity contribution in [3.05, 3.63) is 33.4 Å². The summed E-state index contributed by atoms with van der Waals surface area (Å²) in [5, 5.41) is 10.6. The van der Waals surface area contributed by atoms with Crippen LogP contribution in [0.15, 0.2) is 12.1 Å². The van der Waals surface area contributed by atoms with Crippen LogP contribution in [-0.4, -0.2) is 18.4 Å². The topological polar surface area (TPSA) is 52.4 Å². The highest BCUT2D eigenvalue weighted by atomic mass is 19.4. The van der Waals surface area contributed by atoms with E-state index in [1.165, 1.54) is 26.0 Å². The molecule has 0 aliphatic rings. The zero-order valence-corrected chi connectivity index (χ0v) is 9.25. The van der Waals surface area contributed by atoms with Crippen molar-refractivity contribution >= 4 is 12.7 Å². The molecular formula is C9H10BF3NO3-. The fraction of sp³-hybridized carbons (Fsp3) is 0.333. The Morgan fingerprint density at radius 1 is 1.29 bits per heavy atom. The SMILES string of the molecule is Cc1cc([N+](=O)[O-])c(C)cc1OC[B-](F)(F)F. The van der Waals surface area contributed by atoms with E-state index in [4.69, 9.17) is 0 Å². The maximum Gasteiger partial charge on any atom is 0.515 e. The first-order valence-electron chi connectivity index (χ1n) is 4.80. The number of nitro benzene ring substituents is 1. The molecule has 0 heterocycles. The lowest BCUT2D eigenvalue weighted by atomic mass is 9.95. The minimum Gasteiger partial charge on any atom is -0.521 e. The highest BCUT2D eigenvalue weighted by molar-refractivity contribution is 6.58. The summed E-state index contributed by atoms with van der Waals surface area (Å²) in [5.74, 6) is 0.0206. The molecule has 0 bridgehead atoms. The zero-order chi connectivity index (χ0) is 13.2. The van der Waals surface area contributed by atoms with Gasteiger partial charge in [0.25, 0.3) is 5.69 Å². The Kier molecular flexibility index (Phi) is 3.64. The first-order chi connectivity index (χ1) is 7.70. The maximum atomic E-state index is 12.0. The van der Waals surface area contributed by atoms with Crippen LogP contribution in [0.4, 0.5) is 18.6 Å². The third-order valence-corrected chi connectivity index (χ3v) is 2.12. The van der Waals surface area contributed by atoms with E-state index in [-0.39, 0.29) is 17.0 Å². The van der Waals surface area contributed by atoms with Gasteiger partial charge in [0.15, 0.2) is 0 Å². The lowest BCUT2D eigenvalue weighted by Crippen LogP contribution is -2.26. The summed E-state index contributed by atoms with van der Waals surface area (Å²) in [6, 6.07) is 2.45. The lowest BCUT2D eigenvalue weighted by Gasteiger charge is -2.16. The lowest BCUT2D eigenvalue weighted by molar-refractivity contribution is -0.385. The van der Waals surface area contributed by atoms with E-state index in [1.54, 1.807) is 0 Å². The molecule has 0 saturated carbocycles. The molecule has 0 aromatic heterocycles. The first-order valence-corrected chi connectivity index (χ1v) is 4.80. The molecule has 0 radical (unpaired) electrons. The van der Waals surface area contributed by atoms with Gasteiger partial charge in [-0.15, -0.1) is 0 Å². The highest BCUT2D eigenvalue weighted by Crippen LogP contribution is 2.28. The van der Waals surface area contributed by atoms with Crippen molar-refractivity contribution in [2.24, 2.45) is 0 Å². The molecule has 0 amide bonds. The van der Waals surface area contributed by atoms with E-state index in [1.807, 2.05) is 0 Å². The maximum absolute atomic E-state index is 12.0. The third kappa shape index (κ3) is 3.65. The second-order valence-corrected chi connectivity index (χ2v) is 3.68. The Morgan fingerprint density at radius 2 is 1.88 bits per heavy atom. The number of nitrogens with zero attached hydrogens (tertiary/aromatic N) is 1. The predicted octanol–water partition coefficient (Wildman–Crippen LogP) is 2.98. The van der Waals surface area contributed by atoms with Gasteiger partial charge >= 0.3 is 6.98 Å². The Balaban J connectivity index is 2.96. The predicted molar refractivity (Wildman–Crippen MR) is 57.1 cm³/mol.